The molecule has 4 nitrogen and oxygen atoms in total. The van der Waals surface area contributed by atoms with Crippen LogP contribution in [-0.2, 0) is 9.59 Å². The Morgan fingerprint density at radius 3 is 1.15 bits per heavy atom. The molecule has 0 aliphatic rings. The molecule has 1 atom stereocenters. The van der Waals surface area contributed by atoms with Crippen LogP contribution in [0, 0.1) is 5.92 Å². The summed E-state index contributed by atoms with van der Waals surface area (Å²) in [6, 6.07) is 0. The number of rotatable bonds is 33. The van der Waals surface area contributed by atoms with Gasteiger partial charge in [0.15, 0.2) is 0 Å². The minimum absolute atomic E-state index is 0.103. The highest BCUT2D eigenvalue weighted by Gasteiger charge is 2.15. The van der Waals surface area contributed by atoms with Crippen LogP contribution in [-0.4, -0.2) is 18.4 Å². The molecule has 0 bridgehead atoms. The molecule has 0 heterocycles. The maximum atomic E-state index is 12.2. The van der Waals surface area contributed by atoms with Gasteiger partial charge in [-0.25, -0.2) is 0 Å². The van der Waals surface area contributed by atoms with Gasteiger partial charge in [-0.15, -0.1) is 0 Å². The first-order valence-electron chi connectivity index (χ1n) is 18.2. The Morgan fingerprint density at radius 1 is 0.475 bits per heavy atom. The standard InChI is InChI=1S/C36H72N2O2/c1-3-5-7-9-11-13-15-17-19-20-22-24-26-28-30-34(36(37)40)32-33-38-35(39)31-29-27-25-23-21-18-16-14-12-10-8-6-4-2/h34H,3-33H2,1-2H3,(H2,37,40)(H,38,39). The SMILES string of the molecule is CCCCCCCCCCCCCCCCC(CCNC(=O)CCCCCCCCCCCCCCC)C(N)=O. The van der Waals surface area contributed by atoms with Gasteiger partial charge in [0.2, 0.25) is 11.8 Å². The Kier molecular flexibility index (Phi) is 31.6. The van der Waals surface area contributed by atoms with E-state index in [0.29, 0.717) is 19.4 Å². The summed E-state index contributed by atoms with van der Waals surface area (Å²) < 4.78 is 0. The van der Waals surface area contributed by atoms with Gasteiger partial charge in [-0.1, -0.05) is 181 Å². The van der Waals surface area contributed by atoms with E-state index in [0.717, 1.165) is 25.7 Å². The second kappa shape index (κ2) is 32.5. The Bertz CT molecular complexity index is 537. The summed E-state index contributed by atoms with van der Waals surface area (Å²) in [6.07, 6.45) is 38.0. The Labute approximate surface area is 251 Å². The number of hydrogen-bond donors (Lipinski definition) is 2. The molecule has 4 heteroatoms. The third-order valence-electron chi connectivity index (χ3n) is 8.63. The van der Waals surface area contributed by atoms with Crippen LogP contribution in [0.3, 0.4) is 0 Å². The Hall–Kier alpha value is -1.06. The number of carbonyl (C=O) groups excluding carboxylic acids is 2. The van der Waals surface area contributed by atoms with E-state index in [9.17, 15) is 9.59 Å². The minimum atomic E-state index is -0.208. The zero-order valence-electron chi connectivity index (χ0n) is 27.4. The second-order valence-electron chi connectivity index (χ2n) is 12.6. The predicted molar refractivity (Wildman–Crippen MR) is 176 cm³/mol. The third-order valence-corrected chi connectivity index (χ3v) is 8.63. The van der Waals surface area contributed by atoms with Crippen molar-refractivity contribution in [1.82, 2.24) is 5.32 Å². The van der Waals surface area contributed by atoms with Gasteiger partial charge in [-0.3, -0.25) is 9.59 Å². The molecule has 0 spiro atoms. The molecule has 0 aromatic heterocycles. The lowest BCUT2D eigenvalue weighted by Crippen LogP contribution is -2.30. The van der Waals surface area contributed by atoms with E-state index in [1.807, 2.05) is 0 Å². The van der Waals surface area contributed by atoms with Gasteiger partial charge in [0.1, 0.15) is 0 Å². The van der Waals surface area contributed by atoms with Crippen molar-refractivity contribution in [3.8, 4) is 0 Å². The number of nitrogens with one attached hydrogen (secondary N) is 1. The normalized spacial score (nSPS) is 12.1. The molecule has 1 unspecified atom stereocenters. The summed E-state index contributed by atoms with van der Waals surface area (Å²) in [5.41, 5.74) is 5.65. The second-order valence-corrected chi connectivity index (χ2v) is 12.6. The lowest BCUT2D eigenvalue weighted by Gasteiger charge is -2.14. The number of unbranched alkanes of at least 4 members (excludes halogenated alkanes) is 25. The molecule has 238 valence electrons. The molecular formula is C36H72N2O2. The van der Waals surface area contributed by atoms with Crippen molar-refractivity contribution in [2.24, 2.45) is 11.7 Å². The van der Waals surface area contributed by atoms with Crippen molar-refractivity contribution < 1.29 is 9.59 Å². The zero-order chi connectivity index (χ0) is 29.4. The van der Waals surface area contributed by atoms with Gasteiger partial charge in [-0.05, 0) is 19.3 Å². The molecule has 0 aliphatic carbocycles. The Morgan fingerprint density at radius 2 is 0.800 bits per heavy atom. The van der Waals surface area contributed by atoms with Crippen LogP contribution in [0.15, 0.2) is 0 Å². The fraction of sp³-hybridized carbons (Fsp3) is 0.944. The van der Waals surface area contributed by atoms with Crippen LogP contribution >= 0.6 is 0 Å². The highest BCUT2D eigenvalue weighted by molar-refractivity contribution is 5.77. The molecule has 0 fully saturated rings. The van der Waals surface area contributed by atoms with Gasteiger partial charge >= 0.3 is 0 Å². The van der Waals surface area contributed by atoms with E-state index < -0.39 is 0 Å². The first-order chi connectivity index (χ1) is 19.6. The van der Waals surface area contributed by atoms with Crippen molar-refractivity contribution in [2.75, 3.05) is 6.54 Å². The number of hydrogen-bond acceptors (Lipinski definition) is 2. The highest BCUT2D eigenvalue weighted by atomic mass is 16.2. The summed E-state index contributed by atoms with van der Waals surface area (Å²) in [5.74, 6) is -0.183. The summed E-state index contributed by atoms with van der Waals surface area (Å²) in [5, 5.41) is 3.02. The van der Waals surface area contributed by atoms with Crippen LogP contribution < -0.4 is 11.1 Å². The van der Waals surface area contributed by atoms with Gasteiger partial charge in [0.25, 0.3) is 0 Å². The predicted octanol–water partition coefficient (Wildman–Crippen LogP) is 10.9. The van der Waals surface area contributed by atoms with E-state index in [-0.39, 0.29) is 17.7 Å². The fourth-order valence-corrected chi connectivity index (χ4v) is 5.79. The van der Waals surface area contributed by atoms with E-state index in [4.69, 9.17) is 5.73 Å². The average molecular weight is 565 g/mol. The van der Waals surface area contributed by atoms with E-state index >= 15 is 0 Å². The first kappa shape index (κ1) is 38.9. The maximum absolute atomic E-state index is 12.2. The van der Waals surface area contributed by atoms with Crippen molar-refractivity contribution in [2.45, 2.75) is 206 Å². The van der Waals surface area contributed by atoms with E-state index in [2.05, 4.69) is 19.2 Å². The number of carbonyl (C=O) groups is 2. The maximum Gasteiger partial charge on any atom is 0.220 e. The van der Waals surface area contributed by atoms with Crippen LogP contribution in [0.1, 0.15) is 206 Å². The van der Waals surface area contributed by atoms with Crippen molar-refractivity contribution in [3.05, 3.63) is 0 Å². The molecule has 0 radical (unpaired) electrons. The van der Waals surface area contributed by atoms with Crippen molar-refractivity contribution in [1.29, 1.82) is 0 Å². The lowest BCUT2D eigenvalue weighted by molar-refractivity contribution is -0.123. The quantitative estimate of drug-likeness (QED) is 0.0778. The summed E-state index contributed by atoms with van der Waals surface area (Å²) in [7, 11) is 0. The number of primary amides is 1. The fourth-order valence-electron chi connectivity index (χ4n) is 5.79. The van der Waals surface area contributed by atoms with Gasteiger partial charge in [-0.2, -0.15) is 0 Å². The summed E-state index contributed by atoms with van der Waals surface area (Å²) in [6.45, 7) is 5.12. The van der Waals surface area contributed by atoms with Gasteiger partial charge < -0.3 is 11.1 Å². The van der Waals surface area contributed by atoms with E-state index in [1.54, 1.807) is 0 Å². The molecule has 0 rings (SSSR count). The summed E-state index contributed by atoms with van der Waals surface area (Å²) in [4.78, 5) is 24.0. The Balaban J connectivity index is 3.51. The highest BCUT2D eigenvalue weighted by Crippen LogP contribution is 2.17. The third kappa shape index (κ3) is 29.9. The van der Waals surface area contributed by atoms with Crippen molar-refractivity contribution >= 4 is 11.8 Å². The van der Waals surface area contributed by atoms with Gasteiger partial charge in [0, 0.05) is 18.9 Å². The van der Waals surface area contributed by atoms with Crippen LogP contribution in [0.4, 0.5) is 0 Å². The average Bonchev–Trinajstić information content (AvgIpc) is 2.94. The largest absolute Gasteiger partial charge is 0.369 e. The van der Waals surface area contributed by atoms with Crippen LogP contribution in [0.2, 0.25) is 0 Å². The zero-order valence-corrected chi connectivity index (χ0v) is 27.4. The minimum Gasteiger partial charge on any atom is -0.369 e. The smallest absolute Gasteiger partial charge is 0.220 e. The topological polar surface area (TPSA) is 72.2 Å². The molecule has 2 amide bonds. The molecule has 0 saturated carbocycles. The van der Waals surface area contributed by atoms with Gasteiger partial charge in [0.05, 0.1) is 0 Å². The molecule has 3 N–H and O–H groups in total. The molecular weight excluding hydrogens is 492 g/mol. The first-order valence-corrected chi connectivity index (χ1v) is 18.2. The van der Waals surface area contributed by atoms with Crippen molar-refractivity contribution in [3.63, 3.8) is 0 Å². The molecule has 0 saturated heterocycles. The van der Waals surface area contributed by atoms with E-state index in [1.165, 1.54) is 154 Å². The van der Waals surface area contributed by atoms with Crippen LogP contribution in [0.5, 0.6) is 0 Å². The monoisotopic (exact) mass is 565 g/mol. The molecule has 0 aromatic rings. The number of amides is 2. The lowest BCUT2D eigenvalue weighted by atomic mass is 9.96. The molecule has 0 aromatic carbocycles. The summed E-state index contributed by atoms with van der Waals surface area (Å²) >= 11 is 0. The molecule has 40 heavy (non-hydrogen) atoms. The number of nitrogens with two attached hydrogens (primary N) is 1. The molecule has 0 aliphatic heterocycles. The van der Waals surface area contributed by atoms with Crippen LogP contribution in [0.25, 0.3) is 0 Å².